The average Bonchev–Trinajstić information content (AvgIpc) is 2.60. The number of nitriles is 1. The first-order valence-corrected chi connectivity index (χ1v) is 5.94. The van der Waals surface area contributed by atoms with Gasteiger partial charge in [0.15, 0.2) is 0 Å². The van der Waals surface area contributed by atoms with Gasteiger partial charge in [0.2, 0.25) is 0 Å². The lowest BCUT2D eigenvalue weighted by Gasteiger charge is -2.08. The summed E-state index contributed by atoms with van der Waals surface area (Å²) in [6.45, 7) is 10.9. The SMILES string of the molecule is Cc1cc(C#N)cc(NC2C(C)(C)C2(C)C)n1. The molecule has 2 rings (SSSR count). The Morgan fingerprint density at radius 3 is 2.29 bits per heavy atom. The second-order valence-corrected chi connectivity index (χ2v) is 6.01. The molecule has 3 nitrogen and oxygen atoms in total. The van der Waals surface area contributed by atoms with E-state index in [4.69, 9.17) is 5.26 Å². The first kappa shape index (κ1) is 11.9. The van der Waals surface area contributed by atoms with E-state index in [2.05, 4.69) is 44.1 Å². The maximum absolute atomic E-state index is 8.94. The van der Waals surface area contributed by atoms with Gasteiger partial charge in [-0.3, -0.25) is 0 Å². The Morgan fingerprint density at radius 1 is 1.24 bits per heavy atom. The predicted molar refractivity (Wildman–Crippen MR) is 68.7 cm³/mol. The molecule has 1 aromatic rings. The summed E-state index contributed by atoms with van der Waals surface area (Å²) < 4.78 is 0. The summed E-state index contributed by atoms with van der Waals surface area (Å²) in [7, 11) is 0. The molecule has 1 aliphatic rings. The minimum Gasteiger partial charge on any atom is -0.366 e. The Labute approximate surface area is 103 Å². The molecule has 1 N–H and O–H groups in total. The number of anilines is 1. The number of nitrogens with zero attached hydrogens (tertiary/aromatic N) is 2. The van der Waals surface area contributed by atoms with Gasteiger partial charge in [0.25, 0.3) is 0 Å². The van der Waals surface area contributed by atoms with E-state index in [1.807, 2.05) is 13.0 Å². The lowest BCUT2D eigenvalue weighted by Crippen LogP contribution is -2.11. The third-order valence-electron chi connectivity index (χ3n) is 4.40. The fourth-order valence-corrected chi connectivity index (χ4v) is 2.51. The maximum Gasteiger partial charge on any atom is 0.127 e. The molecule has 0 radical (unpaired) electrons. The van der Waals surface area contributed by atoms with E-state index >= 15 is 0 Å². The first-order chi connectivity index (χ1) is 7.79. The van der Waals surface area contributed by atoms with Crippen molar-refractivity contribution in [1.82, 2.24) is 4.98 Å². The quantitative estimate of drug-likeness (QED) is 0.847. The summed E-state index contributed by atoms with van der Waals surface area (Å²) in [5.41, 5.74) is 2.08. The zero-order valence-corrected chi connectivity index (χ0v) is 11.1. The Morgan fingerprint density at radius 2 is 1.82 bits per heavy atom. The highest BCUT2D eigenvalue weighted by Gasteiger charge is 2.65. The molecule has 0 amide bonds. The lowest BCUT2D eigenvalue weighted by atomic mass is 10.0. The molecule has 3 heteroatoms. The Balaban J connectivity index is 2.22. The van der Waals surface area contributed by atoms with Crippen LogP contribution in [0.2, 0.25) is 0 Å². The Bertz CT molecular complexity index is 481. The molecular weight excluding hydrogens is 210 g/mol. The molecular formula is C14H19N3. The number of nitrogens with one attached hydrogen (secondary N) is 1. The van der Waals surface area contributed by atoms with Crippen LogP contribution in [-0.4, -0.2) is 11.0 Å². The van der Waals surface area contributed by atoms with Gasteiger partial charge in [-0.15, -0.1) is 0 Å². The molecule has 0 saturated heterocycles. The number of aromatic nitrogens is 1. The summed E-state index contributed by atoms with van der Waals surface area (Å²) in [5, 5.41) is 12.4. The minimum absolute atomic E-state index is 0.269. The van der Waals surface area contributed by atoms with E-state index < -0.39 is 0 Å². The molecule has 0 aromatic carbocycles. The van der Waals surface area contributed by atoms with Crippen molar-refractivity contribution in [1.29, 1.82) is 5.26 Å². The van der Waals surface area contributed by atoms with Crippen molar-refractivity contribution in [3.63, 3.8) is 0 Å². The Kier molecular flexibility index (Phi) is 2.43. The van der Waals surface area contributed by atoms with Crippen LogP contribution in [-0.2, 0) is 0 Å². The van der Waals surface area contributed by atoms with Gasteiger partial charge in [-0.2, -0.15) is 5.26 Å². The van der Waals surface area contributed by atoms with Crippen LogP contribution >= 0.6 is 0 Å². The van der Waals surface area contributed by atoms with Crippen molar-refractivity contribution >= 4 is 5.82 Å². The van der Waals surface area contributed by atoms with Gasteiger partial charge in [-0.1, -0.05) is 27.7 Å². The number of pyridine rings is 1. The van der Waals surface area contributed by atoms with Crippen LogP contribution in [0.1, 0.15) is 39.0 Å². The standard InChI is InChI=1S/C14H19N3/c1-9-6-10(8-15)7-11(16-9)17-12-13(2,3)14(12,4)5/h6-7,12H,1-5H3,(H,16,17). The summed E-state index contributed by atoms with van der Waals surface area (Å²) >= 11 is 0. The van der Waals surface area contributed by atoms with E-state index in [0.29, 0.717) is 11.6 Å². The second kappa shape index (κ2) is 3.46. The number of hydrogen-bond donors (Lipinski definition) is 1. The van der Waals surface area contributed by atoms with Gasteiger partial charge in [0.1, 0.15) is 5.82 Å². The fraction of sp³-hybridized carbons (Fsp3) is 0.571. The molecule has 1 heterocycles. The van der Waals surface area contributed by atoms with Crippen LogP contribution < -0.4 is 5.32 Å². The van der Waals surface area contributed by atoms with E-state index in [0.717, 1.165) is 11.5 Å². The van der Waals surface area contributed by atoms with Gasteiger partial charge in [-0.05, 0) is 29.9 Å². The van der Waals surface area contributed by atoms with Gasteiger partial charge in [0, 0.05) is 11.7 Å². The fourth-order valence-electron chi connectivity index (χ4n) is 2.51. The van der Waals surface area contributed by atoms with E-state index in [9.17, 15) is 0 Å². The van der Waals surface area contributed by atoms with Crippen LogP contribution in [0.25, 0.3) is 0 Å². The van der Waals surface area contributed by atoms with Crippen molar-refractivity contribution in [2.75, 3.05) is 5.32 Å². The predicted octanol–water partition coefficient (Wildman–Crippen LogP) is 3.11. The number of rotatable bonds is 2. The van der Waals surface area contributed by atoms with Crippen LogP contribution in [0.15, 0.2) is 12.1 Å². The summed E-state index contributed by atoms with van der Waals surface area (Å²) in [6, 6.07) is 6.19. The minimum atomic E-state index is 0.269. The maximum atomic E-state index is 8.94. The van der Waals surface area contributed by atoms with Crippen molar-refractivity contribution in [3.05, 3.63) is 23.4 Å². The van der Waals surface area contributed by atoms with E-state index in [1.54, 1.807) is 6.07 Å². The molecule has 1 aliphatic carbocycles. The molecule has 17 heavy (non-hydrogen) atoms. The molecule has 1 aromatic heterocycles. The van der Waals surface area contributed by atoms with Crippen molar-refractivity contribution < 1.29 is 0 Å². The first-order valence-electron chi connectivity index (χ1n) is 5.94. The molecule has 1 saturated carbocycles. The van der Waals surface area contributed by atoms with Gasteiger partial charge in [-0.25, -0.2) is 4.98 Å². The smallest absolute Gasteiger partial charge is 0.127 e. The molecule has 0 spiro atoms. The number of hydrogen-bond acceptors (Lipinski definition) is 3. The third-order valence-corrected chi connectivity index (χ3v) is 4.40. The van der Waals surface area contributed by atoms with Crippen molar-refractivity contribution in [3.8, 4) is 6.07 Å². The molecule has 0 atom stereocenters. The third kappa shape index (κ3) is 1.78. The van der Waals surface area contributed by atoms with Gasteiger partial charge < -0.3 is 5.32 Å². The highest BCUT2D eigenvalue weighted by atomic mass is 15.1. The van der Waals surface area contributed by atoms with E-state index in [1.165, 1.54) is 0 Å². The number of aryl methyl sites for hydroxylation is 1. The topological polar surface area (TPSA) is 48.7 Å². The lowest BCUT2D eigenvalue weighted by molar-refractivity contribution is 0.457. The average molecular weight is 229 g/mol. The molecule has 0 bridgehead atoms. The molecule has 1 fully saturated rings. The van der Waals surface area contributed by atoms with Crippen LogP contribution in [0, 0.1) is 29.1 Å². The highest BCUT2D eigenvalue weighted by molar-refractivity contribution is 5.48. The summed E-state index contributed by atoms with van der Waals surface area (Å²) in [5.74, 6) is 0.810. The zero-order valence-electron chi connectivity index (χ0n) is 11.1. The van der Waals surface area contributed by atoms with E-state index in [-0.39, 0.29) is 10.8 Å². The summed E-state index contributed by atoms with van der Waals surface area (Å²) in [6.07, 6.45) is 0. The van der Waals surface area contributed by atoms with Crippen molar-refractivity contribution in [2.45, 2.75) is 40.7 Å². The normalized spacial score (nSPS) is 20.7. The van der Waals surface area contributed by atoms with Gasteiger partial charge >= 0.3 is 0 Å². The van der Waals surface area contributed by atoms with Gasteiger partial charge in [0.05, 0.1) is 11.6 Å². The van der Waals surface area contributed by atoms with Crippen LogP contribution in [0.4, 0.5) is 5.82 Å². The molecule has 90 valence electrons. The monoisotopic (exact) mass is 229 g/mol. The molecule has 0 aliphatic heterocycles. The largest absolute Gasteiger partial charge is 0.366 e. The summed E-state index contributed by atoms with van der Waals surface area (Å²) in [4.78, 5) is 4.43. The Hall–Kier alpha value is -1.56. The molecule has 0 unspecified atom stereocenters. The highest BCUT2D eigenvalue weighted by Crippen LogP contribution is 2.63. The van der Waals surface area contributed by atoms with Crippen LogP contribution in [0.5, 0.6) is 0 Å². The van der Waals surface area contributed by atoms with Crippen LogP contribution in [0.3, 0.4) is 0 Å². The zero-order chi connectivity index (χ0) is 12.8. The second-order valence-electron chi connectivity index (χ2n) is 6.01. The van der Waals surface area contributed by atoms with Crippen molar-refractivity contribution in [2.24, 2.45) is 10.8 Å².